The molecule has 2 heteroatoms. The molecule has 0 aromatic rings. The van der Waals surface area contributed by atoms with Crippen LogP contribution in [0.3, 0.4) is 0 Å². The minimum atomic E-state index is -0.884. The van der Waals surface area contributed by atoms with Crippen molar-refractivity contribution < 1.29 is 4.39 Å². The molecule has 1 nitrogen and oxygen atoms in total. The Morgan fingerprint density at radius 2 is 2.67 bits per heavy atom. The van der Waals surface area contributed by atoms with Gasteiger partial charge in [0.25, 0.3) is 0 Å². The summed E-state index contributed by atoms with van der Waals surface area (Å²) in [5.41, 5.74) is 0. The third-order valence-electron chi connectivity index (χ3n) is 0.801. The van der Waals surface area contributed by atoms with Gasteiger partial charge >= 0.3 is 0 Å². The lowest BCUT2D eigenvalue weighted by atomic mass is 10.4. The van der Waals surface area contributed by atoms with E-state index in [1.807, 2.05) is 0 Å². The summed E-state index contributed by atoms with van der Waals surface area (Å²) in [6.45, 7) is 0. The first-order chi connectivity index (χ1) is 2.89. The van der Waals surface area contributed by atoms with Crippen molar-refractivity contribution in [1.29, 1.82) is 0 Å². The molecule has 1 atom stereocenters. The second kappa shape index (κ2) is 1.37. The van der Waals surface area contributed by atoms with Crippen molar-refractivity contribution >= 4 is 6.21 Å². The van der Waals surface area contributed by atoms with E-state index in [1.165, 1.54) is 0 Å². The highest BCUT2D eigenvalue weighted by Crippen LogP contribution is 2.07. The maximum Gasteiger partial charge on any atom is 0.189 e. The zero-order chi connectivity index (χ0) is 4.41. The molecule has 0 saturated carbocycles. The van der Waals surface area contributed by atoms with Gasteiger partial charge in [0, 0.05) is 12.6 Å². The minimum Gasteiger partial charge on any atom is -0.261 e. The Morgan fingerprint density at radius 3 is 2.83 bits per heavy atom. The number of nitrogens with zero attached hydrogens (tertiary/aromatic N) is 1. The molecule has 1 heterocycles. The summed E-state index contributed by atoms with van der Waals surface area (Å²) in [5.74, 6) is 0. The van der Waals surface area contributed by atoms with Crippen molar-refractivity contribution in [3.8, 4) is 0 Å². The summed E-state index contributed by atoms with van der Waals surface area (Å²) < 4.78 is 11.7. The predicted octanol–water partition coefficient (Wildman–Crippen LogP) is 1.15. The van der Waals surface area contributed by atoms with Crippen LogP contribution in [0.1, 0.15) is 12.8 Å². The Hall–Kier alpha value is -0.400. The molecule has 6 heavy (non-hydrogen) atoms. The first-order valence-electron chi connectivity index (χ1n) is 2.05. The molecule has 0 aliphatic carbocycles. The van der Waals surface area contributed by atoms with E-state index in [4.69, 9.17) is 0 Å². The van der Waals surface area contributed by atoms with E-state index in [2.05, 4.69) is 4.99 Å². The summed E-state index contributed by atoms with van der Waals surface area (Å²) in [6, 6.07) is 0. The van der Waals surface area contributed by atoms with Crippen molar-refractivity contribution in [2.75, 3.05) is 0 Å². The van der Waals surface area contributed by atoms with Crippen LogP contribution in [0.2, 0.25) is 0 Å². The summed E-state index contributed by atoms with van der Waals surface area (Å²) >= 11 is 0. The lowest BCUT2D eigenvalue weighted by molar-refractivity contribution is 0.347. The zero-order valence-corrected chi connectivity index (χ0v) is 3.39. The predicted molar refractivity (Wildman–Crippen MR) is 22.6 cm³/mol. The number of alkyl halides is 1. The second-order valence-electron chi connectivity index (χ2n) is 1.34. The normalized spacial score (nSPS) is 31.8. The van der Waals surface area contributed by atoms with Crippen molar-refractivity contribution in [3.05, 3.63) is 0 Å². The Balaban J connectivity index is 2.38. The Bertz CT molecular complexity index is 69.9. The highest BCUT2D eigenvalue weighted by Gasteiger charge is 2.04. The highest BCUT2D eigenvalue weighted by atomic mass is 19.1. The molecular weight excluding hydrogens is 81.0 g/mol. The zero-order valence-electron chi connectivity index (χ0n) is 3.39. The topological polar surface area (TPSA) is 12.4 Å². The van der Waals surface area contributed by atoms with Crippen molar-refractivity contribution in [1.82, 2.24) is 0 Å². The van der Waals surface area contributed by atoms with Crippen molar-refractivity contribution in [3.63, 3.8) is 0 Å². The quantitative estimate of drug-likeness (QED) is 0.393. The molecule has 0 aromatic carbocycles. The Morgan fingerprint density at radius 1 is 1.83 bits per heavy atom. The first-order valence-corrected chi connectivity index (χ1v) is 2.05. The molecule has 34 valence electrons. The SMILES string of the molecule is FC1CCC=N1. The van der Waals surface area contributed by atoms with E-state index >= 15 is 0 Å². The Labute approximate surface area is 35.9 Å². The van der Waals surface area contributed by atoms with Gasteiger partial charge in [0.1, 0.15) is 0 Å². The molecule has 0 amide bonds. The number of halogens is 1. The molecule has 0 bridgehead atoms. The van der Waals surface area contributed by atoms with E-state index in [-0.39, 0.29) is 0 Å². The monoisotopic (exact) mass is 87.0 g/mol. The number of aliphatic imine (C=N–C) groups is 1. The molecule has 0 radical (unpaired) electrons. The highest BCUT2D eigenvalue weighted by molar-refractivity contribution is 5.59. The van der Waals surface area contributed by atoms with Crippen LogP contribution < -0.4 is 0 Å². The van der Waals surface area contributed by atoms with Gasteiger partial charge in [-0.25, -0.2) is 4.39 Å². The van der Waals surface area contributed by atoms with Crippen LogP contribution >= 0.6 is 0 Å². The molecule has 0 aromatic heterocycles. The van der Waals surface area contributed by atoms with Crippen molar-refractivity contribution in [2.24, 2.45) is 4.99 Å². The van der Waals surface area contributed by atoms with E-state index in [0.29, 0.717) is 6.42 Å². The van der Waals surface area contributed by atoms with Gasteiger partial charge in [-0.1, -0.05) is 0 Å². The Kier molecular flexibility index (Phi) is 0.862. The summed E-state index contributed by atoms with van der Waals surface area (Å²) in [5, 5.41) is 0. The van der Waals surface area contributed by atoms with E-state index in [9.17, 15) is 4.39 Å². The molecule has 1 aliphatic rings. The van der Waals surface area contributed by atoms with Crippen LogP contribution in [0.4, 0.5) is 4.39 Å². The van der Waals surface area contributed by atoms with Gasteiger partial charge in [0.2, 0.25) is 0 Å². The van der Waals surface area contributed by atoms with Crippen LogP contribution in [0.25, 0.3) is 0 Å². The van der Waals surface area contributed by atoms with Gasteiger partial charge in [0.05, 0.1) is 0 Å². The standard InChI is InChI=1S/C4H6FN/c5-4-2-1-3-6-4/h3-4H,1-2H2. The molecule has 1 aliphatic heterocycles. The fourth-order valence-electron chi connectivity index (χ4n) is 0.476. The number of rotatable bonds is 0. The summed E-state index contributed by atoms with van der Waals surface area (Å²) in [7, 11) is 0. The third-order valence-corrected chi connectivity index (χ3v) is 0.801. The first kappa shape index (κ1) is 3.78. The molecular formula is C4H6FN. The smallest absolute Gasteiger partial charge is 0.189 e. The molecule has 1 unspecified atom stereocenters. The van der Waals surface area contributed by atoms with Crippen LogP contribution in [0.15, 0.2) is 4.99 Å². The number of hydrogen-bond acceptors (Lipinski definition) is 1. The van der Waals surface area contributed by atoms with Crippen LogP contribution in [0.5, 0.6) is 0 Å². The van der Waals surface area contributed by atoms with Crippen LogP contribution in [-0.4, -0.2) is 12.5 Å². The second-order valence-corrected chi connectivity index (χ2v) is 1.34. The fraction of sp³-hybridized carbons (Fsp3) is 0.750. The van der Waals surface area contributed by atoms with Crippen molar-refractivity contribution in [2.45, 2.75) is 19.1 Å². The summed E-state index contributed by atoms with van der Waals surface area (Å²) in [6.07, 6.45) is 2.16. The maximum absolute atomic E-state index is 11.7. The minimum absolute atomic E-state index is 0.597. The molecule has 1 rings (SSSR count). The van der Waals surface area contributed by atoms with E-state index in [1.54, 1.807) is 6.21 Å². The van der Waals surface area contributed by atoms with Crippen LogP contribution in [-0.2, 0) is 0 Å². The van der Waals surface area contributed by atoms with Gasteiger partial charge in [-0.2, -0.15) is 0 Å². The van der Waals surface area contributed by atoms with E-state index in [0.717, 1.165) is 6.42 Å². The molecule has 0 N–H and O–H groups in total. The largest absolute Gasteiger partial charge is 0.261 e. The number of hydrogen-bond donors (Lipinski definition) is 0. The third kappa shape index (κ3) is 0.559. The molecule has 0 fully saturated rings. The van der Waals surface area contributed by atoms with Gasteiger partial charge in [-0.05, 0) is 6.42 Å². The average Bonchev–Trinajstić information content (AvgIpc) is 1.86. The lowest BCUT2D eigenvalue weighted by Gasteiger charge is -1.84. The van der Waals surface area contributed by atoms with Gasteiger partial charge in [-0.3, -0.25) is 4.99 Å². The van der Waals surface area contributed by atoms with Gasteiger partial charge < -0.3 is 0 Å². The van der Waals surface area contributed by atoms with Gasteiger partial charge in [0.15, 0.2) is 6.30 Å². The van der Waals surface area contributed by atoms with Crippen LogP contribution in [0, 0.1) is 0 Å². The molecule has 0 spiro atoms. The van der Waals surface area contributed by atoms with E-state index < -0.39 is 6.30 Å². The molecule has 0 saturated heterocycles. The average molecular weight is 87.1 g/mol. The fourth-order valence-corrected chi connectivity index (χ4v) is 0.476. The van der Waals surface area contributed by atoms with Gasteiger partial charge in [-0.15, -0.1) is 0 Å². The summed E-state index contributed by atoms with van der Waals surface area (Å²) in [4.78, 5) is 3.44. The maximum atomic E-state index is 11.7. The lowest BCUT2D eigenvalue weighted by Crippen LogP contribution is -1.83.